The highest BCUT2D eigenvalue weighted by Crippen LogP contribution is 2.23. The molecule has 3 N–H and O–H groups in total. The van der Waals surface area contributed by atoms with E-state index in [2.05, 4.69) is 17.3 Å². The van der Waals surface area contributed by atoms with Crippen LogP contribution in [0.25, 0.3) is 0 Å². The highest BCUT2D eigenvalue weighted by molar-refractivity contribution is 6.30. The Morgan fingerprint density at radius 3 is 2.53 bits per heavy atom. The monoisotopic (exact) mass is 250 g/mol. The molecule has 0 spiro atoms. The molecule has 4 nitrogen and oxygen atoms in total. The number of halogens is 1. The maximum absolute atomic E-state index is 5.85. The van der Waals surface area contributed by atoms with Crippen molar-refractivity contribution in [3.05, 3.63) is 41.0 Å². The van der Waals surface area contributed by atoms with Gasteiger partial charge in [-0.3, -0.25) is 4.68 Å². The Morgan fingerprint density at radius 1 is 1.35 bits per heavy atom. The van der Waals surface area contributed by atoms with Crippen molar-refractivity contribution >= 4 is 23.1 Å². The van der Waals surface area contributed by atoms with Crippen molar-refractivity contribution in [1.29, 1.82) is 0 Å². The van der Waals surface area contributed by atoms with Gasteiger partial charge in [0.15, 0.2) is 5.82 Å². The van der Waals surface area contributed by atoms with E-state index in [1.54, 1.807) is 10.9 Å². The largest absolute Gasteiger partial charge is 0.394 e. The van der Waals surface area contributed by atoms with E-state index in [1.165, 1.54) is 0 Å². The maximum atomic E-state index is 5.85. The maximum Gasteiger partial charge on any atom is 0.171 e. The summed E-state index contributed by atoms with van der Waals surface area (Å²) < 4.78 is 1.69. The first-order chi connectivity index (χ1) is 8.06. The minimum atomic E-state index is 0.129. The number of nitrogens with zero attached hydrogens (tertiary/aromatic N) is 2. The summed E-state index contributed by atoms with van der Waals surface area (Å²) in [6, 6.07) is 7.84. The Balaban J connectivity index is 2.13. The predicted molar refractivity (Wildman–Crippen MR) is 71.1 cm³/mol. The third-order valence-corrected chi connectivity index (χ3v) is 2.83. The lowest BCUT2D eigenvalue weighted by atomic mass is 10.1. The Kier molecular flexibility index (Phi) is 3.24. The molecule has 90 valence electrons. The SMILES string of the molecule is CC(Nc1nn(C)cc1N)c1ccc(Cl)cc1. The Bertz CT molecular complexity index is 504. The molecule has 0 saturated heterocycles. The molecule has 0 bridgehead atoms. The van der Waals surface area contributed by atoms with Gasteiger partial charge in [-0.1, -0.05) is 23.7 Å². The molecule has 1 atom stereocenters. The van der Waals surface area contributed by atoms with Gasteiger partial charge in [0.1, 0.15) is 0 Å². The number of benzene rings is 1. The van der Waals surface area contributed by atoms with E-state index in [4.69, 9.17) is 17.3 Å². The molecule has 17 heavy (non-hydrogen) atoms. The van der Waals surface area contributed by atoms with Crippen molar-refractivity contribution in [2.24, 2.45) is 7.05 Å². The number of nitrogens with two attached hydrogens (primary N) is 1. The average Bonchev–Trinajstić information content (AvgIpc) is 2.58. The van der Waals surface area contributed by atoms with Crippen LogP contribution >= 0.6 is 11.6 Å². The molecule has 0 saturated carbocycles. The summed E-state index contributed by atoms with van der Waals surface area (Å²) in [7, 11) is 1.84. The van der Waals surface area contributed by atoms with E-state index in [-0.39, 0.29) is 6.04 Å². The zero-order valence-corrected chi connectivity index (χ0v) is 10.6. The zero-order chi connectivity index (χ0) is 12.4. The number of hydrogen-bond acceptors (Lipinski definition) is 3. The molecular weight excluding hydrogens is 236 g/mol. The molecule has 0 aliphatic rings. The lowest BCUT2D eigenvalue weighted by Gasteiger charge is -2.14. The lowest BCUT2D eigenvalue weighted by Crippen LogP contribution is -2.08. The summed E-state index contributed by atoms with van der Waals surface area (Å²) in [4.78, 5) is 0. The van der Waals surface area contributed by atoms with E-state index in [0.717, 1.165) is 10.6 Å². The van der Waals surface area contributed by atoms with Crippen LogP contribution in [0.1, 0.15) is 18.5 Å². The molecule has 0 radical (unpaired) electrons. The van der Waals surface area contributed by atoms with Crippen LogP contribution in [0, 0.1) is 0 Å². The van der Waals surface area contributed by atoms with Gasteiger partial charge >= 0.3 is 0 Å². The molecule has 0 fully saturated rings. The molecule has 1 heterocycles. The summed E-state index contributed by atoms with van der Waals surface area (Å²) >= 11 is 5.85. The topological polar surface area (TPSA) is 55.9 Å². The van der Waals surface area contributed by atoms with E-state index < -0.39 is 0 Å². The first-order valence-corrected chi connectivity index (χ1v) is 5.75. The number of hydrogen-bond donors (Lipinski definition) is 2. The number of nitrogens with one attached hydrogen (secondary N) is 1. The molecule has 0 amide bonds. The number of rotatable bonds is 3. The van der Waals surface area contributed by atoms with Crippen molar-refractivity contribution in [2.75, 3.05) is 11.1 Å². The van der Waals surface area contributed by atoms with Crippen molar-refractivity contribution in [1.82, 2.24) is 9.78 Å². The van der Waals surface area contributed by atoms with Crippen LogP contribution in [-0.4, -0.2) is 9.78 Å². The van der Waals surface area contributed by atoms with Crippen LogP contribution in [0.5, 0.6) is 0 Å². The van der Waals surface area contributed by atoms with E-state index in [9.17, 15) is 0 Å². The van der Waals surface area contributed by atoms with Gasteiger partial charge in [-0.25, -0.2) is 0 Å². The minimum Gasteiger partial charge on any atom is -0.394 e. The highest BCUT2D eigenvalue weighted by atomic mass is 35.5. The van der Waals surface area contributed by atoms with Crippen LogP contribution in [0.4, 0.5) is 11.5 Å². The van der Waals surface area contributed by atoms with Gasteiger partial charge in [0.05, 0.1) is 11.7 Å². The molecular formula is C12H15ClN4. The highest BCUT2D eigenvalue weighted by Gasteiger charge is 2.09. The lowest BCUT2D eigenvalue weighted by molar-refractivity contribution is 0.760. The van der Waals surface area contributed by atoms with E-state index in [0.29, 0.717) is 11.5 Å². The second-order valence-corrected chi connectivity index (χ2v) is 4.46. The van der Waals surface area contributed by atoms with E-state index in [1.807, 2.05) is 31.3 Å². The van der Waals surface area contributed by atoms with Gasteiger partial charge < -0.3 is 11.1 Å². The van der Waals surface area contributed by atoms with Crippen LogP contribution in [0.15, 0.2) is 30.5 Å². The summed E-state index contributed by atoms with van der Waals surface area (Å²) in [5.74, 6) is 0.704. The third-order valence-electron chi connectivity index (χ3n) is 2.58. The summed E-state index contributed by atoms with van der Waals surface area (Å²) in [5.41, 5.74) is 7.61. The zero-order valence-electron chi connectivity index (χ0n) is 9.81. The van der Waals surface area contributed by atoms with Crippen molar-refractivity contribution in [3.8, 4) is 0 Å². The fourth-order valence-electron chi connectivity index (χ4n) is 1.66. The molecule has 1 aromatic carbocycles. The van der Waals surface area contributed by atoms with Gasteiger partial charge in [-0.05, 0) is 24.6 Å². The third kappa shape index (κ3) is 2.71. The van der Waals surface area contributed by atoms with Crippen molar-refractivity contribution in [2.45, 2.75) is 13.0 Å². The fraction of sp³-hybridized carbons (Fsp3) is 0.250. The Labute approximate surface area is 105 Å². The van der Waals surface area contributed by atoms with Gasteiger partial charge in [0, 0.05) is 18.3 Å². The number of anilines is 2. The van der Waals surface area contributed by atoms with Crippen LogP contribution < -0.4 is 11.1 Å². The van der Waals surface area contributed by atoms with Gasteiger partial charge in [-0.2, -0.15) is 5.10 Å². The number of nitrogen functional groups attached to an aromatic ring is 1. The van der Waals surface area contributed by atoms with Crippen molar-refractivity contribution < 1.29 is 0 Å². The summed E-state index contributed by atoms with van der Waals surface area (Å²) in [6.45, 7) is 2.05. The van der Waals surface area contributed by atoms with E-state index >= 15 is 0 Å². The average molecular weight is 251 g/mol. The van der Waals surface area contributed by atoms with Crippen molar-refractivity contribution in [3.63, 3.8) is 0 Å². The molecule has 1 aromatic heterocycles. The standard InChI is InChI=1S/C12H15ClN4/c1-8(9-3-5-10(13)6-4-9)15-12-11(14)7-17(2)16-12/h3-8H,14H2,1-2H3,(H,15,16). The quantitative estimate of drug-likeness (QED) is 0.881. The van der Waals surface area contributed by atoms with Crippen LogP contribution in [0.2, 0.25) is 5.02 Å². The number of aryl methyl sites for hydroxylation is 1. The Morgan fingerprint density at radius 2 is 2.00 bits per heavy atom. The molecule has 2 aromatic rings. The second kappa shape index (κ2) is 4.67. The summed E-state index contributed by atoms with van der Waals surface area (Å²) in [6.07, 6.45) is 1.77. The smallest absolute Gasteiger partial charge is 0.171 e. The molecule has 5 heteroatoms. The molecule has 2 rings (SSSR count). The molecule has 0 aliphatic heterocycles. The first kappa shape index (κ1) is 11.8. The van der Waals surface area contributed by atoms with Gasteiger partial charge in [0.25, 0.3) is 0 Å². The minimum absolute atomic E-state index is 0.129. The first-order valence-electron chi connectivity index (χ1n) is 5.37. The molecule has 1 unspecified atom stereocenters. The van der Waals surface area contributed by atoms with Gasteiger partial charge in [0.2, 0.25) is 0 Å². The van der Waals surface area contributed by atoms with Gasteiger partial charge in [-0.15, -0.1) is 0 Å². The molecule has 0 aliphatic carbocycles. The Hall–Kier alpha value is -1.68. The van der Waals surface area contributed by atoms with Crippen LogP contribution in [-0.2, 0) is 7.05 Å². The second-order valence-electron chi connectivity index (χ2n) is 4.02. The van der Waals surface area contributed by atoms with Crippen LogP contribution in [0.3, 0.4) is 0 Å². The fourth-order valence-corrected chi connectivity index (χ4v) is 1.78. The predicted octanol–water partition coefficient (Wildman–Crippen LogP) is 2.83. The normalized spacial score (nSPS) is 12.4. The summed E-state index contributed by atoms with van der Waals surface area (Å²) in [5, 5.41) is 8.25. The number of aromatic nitrogens is 2.